The van der Waals surface area contributed by atoms with Crippen LogP contribution in [-0.4, -0.2) is 26.8 Å². The Morgan fingerprint density at radius 3 is 2.27 bits per heavy atom. The molecular weight excluding hydrogens is 148 g/mol. The number of carbonyl (C=O) groups excluding carboxylic acids is 1. The van der Waals surface area contributed by atoms with Crippen molar-refractivity contribution in [3.05, 3.63) is 24.3 Å². The fourth-order valence-electron chi connectivity index (χ4n) is 0.540. The third-order valence-electron chi connectivity index (χ3n) is 1.02. The lowest BCUT2D eigenvalue weighted by Crippen LogP contribution is -2.12. The van der Waals surface area contributed by atoms with Crippen molar-refractivity contribution in [1.82, 2.24) is 9.97 Å². The SMILES string of the molecule is O=C(O)C(=O)c1cncnc1. The normalized spacial score (nSPS) is 9.09. The zero-order chi connectivity index (χ0) is 8.27. The lowest BCUT2D eigenvalue weighted by Gasteiger charge is -1.90. The largest absolute Gasteiger partial charge is 0.475 e. The summed E-state index contributed by atoms with van der Waals surface area (Å²) < 4.78 is 0. The van der Waals surface area contributed by atoms with Crippen molar-refractivity contribution in [1.29, 1.82) is 0 Å². The number of rotatable bonds is 2. The van der Waals surface area contributed by atoms with Crippen LogP contribution in [0.1, 0.15) is 10.4 Å². The maximum Gasteiger partial charge on any atom is 0.377 e. The van der Waals surface area contributed by atoms with Crippen LogP contribution in [0.25, 0.3) is 0 Å². The average molecular weight is 152 g/mol. The summed E-state index contributed by atoms with van der Waals surface area (Å²) in [7, 11) is 0. The molecule has 1 aromatic heterocycles. The number of ketones is 1. The Kier molecular flexibility index (Phi) is 1.91. The van der Waals surface area contributed by atoms with Crippen molar-refractivity contribution in [2.75, 3.05) is 0 Å². The number of Topliss-reactive ketones (excluding diaryl/α,β-unsaturated/α-hetero) is 1. The summed E-state index contributed by atoms with van der Waals surface area (Å²) in [6, 6.07) is 0. The molecule has 11 heavy (non-hydrogen) atoms. The molecule has 0 spiro atoms. The molecular formula is C6H4N2O3. The molecule has 0 atom stereocenters. The van der Waals surface area contributed by atoms with Crippen LogP contribution >= 0.6 is 0 Å². The minimum absolute atomic E-state index is 0.0139. The number of hydrogen-bond donors (Lipinski definition) is 1. The molecule has 1 N–H and O–H groups in total. The van der Waals surface area contributed by atoms with Crippen LogP contribution in [0.15, 0.2) is 18.7 Å². The molecule has 0 saturated carbocycles. The van der Waals surface area contributed by atoms with Gasteiger partial charge in [-0.15, -0.1) is 0 Å². The standard InChI is InChI=1S/C6H4N2O3/c9-5(6(10)11)4-1-7-3-8-2-4/h1-3H,(H,10,11). The van der Waals surface area contributed by atoms with Crippen LogP contribution in [0.2, 0.25) is 0 Å². The highest BCUT2D eigenvalue weighted by Crippen LogP contribution is 1.93. The van der Waals surface area contributed by atoms with E-state index in [2.05, 4.69) is 9.97 Å². The number of carboxylic acids is 1. The molecule has 1 aromatic rings. The first-order valence-corrected chi connectivity index (χ1v) is 2.74. The van der Waals surface area contributed by atoms with Gasteiger partial charge in [-0.25, -0.2) is 14.8 Å². The van der Waals surface area contributed by atoms with Gasteiger partial charge in [-0.2, -0.15) is 0 Å². The summed E-state index contributed by atoms with van der Waals surface area (Å²) >= 11 is 0. The van der Waals surface area contributed by atoms with E-state index in [4.69, 9.17) is 5.11 Å². The molecule has 0 aliphatic carbocycles. The number of hydrogen-bond acceptors (Lipinski definition) is 4. The molecule has 5 heteroatoms. The lowest BCUT2D eigenvalue weighted by molar-refractivity contribution is -0.131. The van der Waals surface area contributed by atoms with Gasteiger partial charge in [0, 0.05) is 12.4 Å². The van der Waals surface area contributed by atoms with E-state index in [0.29, 0.717) is 0 Å². The van der Waals surface area contributed by atoms with Gasteiger partial charge >= 0.3 is 5.97 Å². The zero-order valence-electron chi connectivity index (χ0n) is 5.39. The van der Waals surface area contributed by atoms with Crippen LogP contribution in [-0.2, 0) is 4.79 Å². The Morgan fingerprint density at radius 2 is 1.82 bits per heavy atom. The molecule has 5 nitrogen and oxygen atoms in total. The first-order chi connectivity index (χ1) is 5.22. The Labute approximate surface area is 61.7 Å². The van der Waals surface area contributed by atoms with Crippen LogP contribution in [0, 0.1) is 0 Å². The van der Waals surface area contributed by atoms with Gasteiger partial charge in [0.15, 0.2) is 0 Å². The first-order valence-electron chi connectivity index (χ1n) is 2.74. The topological polar surface area (TPSA) is 80.1 Å². The first kappa shape index (κ1) is 7.33. The van der Waals surface area contributed by atoms with Gasteiger partial charge in [0.2, 0.25) is 0 Å². The van der Waals surface area contributed by atoms with E-state index in [0.717, 1.165) is 12.4 Å². The average Bonchev–Trinajstić information content (AvgIpc) is 2.05. The highest BCUT2D eigenvalue weighted by atomic mass is 16.4. The van der Waals surface area contributed by atoms with E-state index < -0.39 is 11.8 Å². The molecule has 0 fully saturated rings. The zero-order valence-corrected chi connectivity index (χ0v) is 5.39. The second-order valence-corrected chi connectivity index (χ2v) is 1.76. The molecule has 0 aliphatic heterocycles. The molecule has 56 valence electrons. The maximum absolute atomic E-state index is 10.7. The molecule has 0 aromatic carbocycles. The van der Waals surface area contributed by atoms with Crippen molar-refractivity contribution in [3.63, 3.8) is 0 Å². The van der Waals surface area contributed by atoms with Crippen molar-refractivity contribution in [3.8, 4) is 0 Å². The monoisotopic (exact) mass is 152 g/mol. The quantitative estimate of drug-likeness (QED) is 0.466. The molecule has 0 radical (unpaired) electrons. The molecule has 1 heterocycles. The predicted molar refractivity (Wildman–Crippen MR) is 34.0 cm³/mol. The van der Waals surface area contributed by atoms with E-state index >= 15 is 0 Å². The number of aromatic nitrogens is 2. The summed E-state index contributed by atoms with van der Waals surface area (Å²) in [6.45, 7) is 0. The highest BCUT2D eigenvalue weighted by Gasteiger charge is 2.13. The van der Waals surface area contributed by atoms with Crippen LogP contribution in [0.3, 0.4) is 0 Å². The van der Waals surface area contributed by atoms with Gasteiger partial charge < -0.3 is 5.11 Å². The third-order valence-corrected chi connectivity index (χ3v) is 1.02. The Morgan fingerprint density at radius 1 is 1.27 bits per heavy atom. The predicted octanol–water partition coefficient (Wildman–Crippen LogP) is -0.256. The Bertz CT molecular complexity index is 283. The van der Waals surface area contributed by atoms with Gasteiger partial charge in [0.1, 0.15) is 6.33 Å². The minimum Gasteiger partial charge on any atom is -0.475 e. The highest BCUT2D eigenvalue weighted by molar-refractivity contribution is 6.39. The Balaban J connectivity index is 2.95. The van der Waals surface area contributed by atoms with Gasteiger partial charge in [-0.05, 0) is 0 Å². The summed E-state index contributed by atoms with van der Waals surface area (Å²) in [5, 5.41) is 8.23. The van der Waals surface area contributed by atoms with E-state index in [1.807, 2.05) is 0 Å². The van der Waals surface area contributed by atoms with Gasteiger partial charge in [-0.3, -0.25) is 4.79 Å². The van der Waals surface area contributed by atoms with Gasteiger partial charge in [0.05, 0.1) is 5.56 Å². The fraction of sp³-hybridized carbons (Fsp3) is 0. The van der Waals surface area contributed by atoms with Crippen molar-refractivity contribution in [2.45, 2.75) is 0 Å². The second kappa shape index (κ2) is 2.87. The summed E-state index contributed by atoms with van der Waals surface area (Å²) in [5.41, 5.74) is -0.0139. The smallest absolute Gasteiger partial charge is 0.377 e. The number of carbonyl (C=O) groups is 2. The van der Waals surface area contributed by atoms with Crippen LogP contribution < -0.4 is 0 Å². The maximum atomic E-state index is 10.7. The summed E-state index contributed by atoms with van der Waals surface area (Å²) in [6.07, 6.45) is 3.53. The van der Waals surface area contributed by atoms with Gasteiger partial charge in [0.25, 0.3) is 5.78 Å². The Hall–Kier alpha value is -1.78. The molecule has 0 bridgehead atoms. The van der Waals surface area contributed by atoms with Crippen molar-refractivity contribution < 1.29 is 14.7 Å². The molecule has 1 rings (SSSR count). The van der Waals surface area contributed by atoms with Crippen LogP contribution in [0.4, 0.5) is 0 Å². The summed E-state index contributed by atoms with van der Waals surface area (Å²) in [5.74, 6) is -2.50. The number of nitrogens with zero attached hydrogens (tertiary/aromatic N) is 2. The molecule has 0 saturated heterocycles. The van der Waals surface area contributed by atoms with Crippen LogP contribution in [0.5, 0.6) is 0 Å². The van der Waals surface area contributed by atoms with Crippen molar-refractivity contribution >= 4 is 11.8 Å². The second-order valence-electron chi connectivity index (χ2n) is 1.76. The van der Waals surface area contributed by atoms with Crippen molar-refractivity contribution in [2.24, 2.45) is 0 Å². The molecule has 0 aliphatic rings. The fourth-order valence-corrected chi connectivity index (χ4v) is 0.540. The number of aliphatic carboxylic acids is 1. The molecule has 0 unspecified atom stereocenters. The molecule has 0 amide bonds. The van der Waals surface area contributed by atoms with Gasteiger partial charge in [-0.1, -0.05) is 0 Å². The van der Waals surface area contributed by atoms with E-state index in [1.54, 1.807) is 0 Å². The van der Waals surface area contributed by atoms with E-state index in [1.165, 1.54) is 6.33 Å². The lowest BCUT2D eigenvalue weighted by atomic mass is 10.2. The minimum atomic E-state index is -1.50. The number of carboxylic acid groups (broad SMARTS) is 1. The van der Waals surface area contributed by atoms with E-state index in [-0.39, 0.29) is 5.56 Å². The van der Waals surface area contributed by atoms with E-state index in [9.17, 15) is 9.59 Å². The third kappa shape index (κ3) is 1.57. The summed E-state index contributed by atoms with van der Waals surface area (Å²) in [4.78, 5) is 27.7.